The van der Waals surface area contributed by atoms with Crippen LogP contribution in [-0.2, 0) is 13.6 Å². The van der Waals surface area contributed by atoms with Gasteiger partial charge in [-0.15, -0.1) is 0 Å². The van der Waals surface area contributed by atoms with Crippen LogP contribution < -0.4 is 11.0 Å². The molecule has 1 N–H and O–H groups in total. The Hall–Kier alpha value is -2.04. The lowest BCUT2D eigenvalue weighted by Gasteiger charge is -2.07. The van der Waals surface area contributed by atoms with Gasteiger partial charge >= 0.3 is 5.69 Å². The number of aromatic nitrogens is 2. The van der Waals surface area contributed by atoms with Gasteiger partial charge in [-0.3, -0.25) is 4.57 Å². The zero-order valence-electron chi connectivity index (χ0n) is 9.56. The van der Waals surface area contributed by atoms with Crippen LogP contribution in [0.2, 0.25) is 0 Å². The van der Waals surface area contributed by atoms with E-state index in [0.717, 1.165) is 0 Å². The number of hydrogen-bond donors (Lipinski definition) is 1. The van der Waals surface area contributed by atoms with Crippen molar-refractivity contribution in [2.75, 3.05) is 11.9 Å². The molecule has 5 heteroatoms. The SMILES string of the molecule is Cn1ccn(CCNc2ccccc2F)c1=O. The van der Waals surface area contributed by atoms with Crippen molar-refractivity contribution >= 4 is 5.69 Å². The maximum Gasteiger partial charge on any atom is 0.327 e. The number of imidazole rings is 1. The molecule has 0 aliphatic rings. The van der Waals surface area contributed by atoms with E-state index in [1.807, 2.05) is 0 Å². The van der Waals surface area contributed by atoms with E-state index in [1.165, 1.54) is 10.6 Å². The van der Waals surface area contributed by atoms with E-state index < -0.39 is 0 Å². The van der Waals surface area contributed by atoms with Crippen LogP contribution in [0, 0.1) is 5.82 Å². The van der Waals surface area contributed by atoms with Gasteiger partial charge in [-0.05, 0) is 12.1 Å². The molecule has 1 aromatic heterocycles. The summed E-state index contributed by atoms with van der Waals surface area (Å²) >= 11 is 0. The van der Waals surface area contributed by atoms with E-state index in [2.05, 4.69) is 5.32 Å². The van der Waals surface area contributed by atoms with Crippen LogP contribution in [0.3, 0.4) is 0 Å². The smallest absolute Gasteiger partial charge is 0.327 e. The van der Waals surface area contributed by atoms with Gasteiger partial charge in [0, 0.05) is 32.5 Å². The molecule has 90 valence electrons. The Kier molecular flexibility index (Phi) is 3.27. The highest BCUT2D eigenvalue weighted by Crippen LogP contribution is 2.11. The molecular formula is C12H14FN3O. The molecule has 0 atom stereocenters. The summed E-state index contributed by atoms with van der Waals surface area (Å²) in [6.45, 7) is 1.01. The Morgan fingerprint density at radius 2 is 2.06 bits per heavy atom. The number of nitrogens with zero attached hydrogens (tertiary/aromatic N) is 2. The third-order valence-corrected chi connectivity index (χ3v) is 2.56. The van der Waals surface area contributed by atoms with Crippen molar-refractivity contribution in [2.24, 2.45) is 7.05 Å². The first-order chi connectivity index (χ1) is 8.18. The van der Waals surface area contributed by atoms with E-state index in [4.69, 9.17) is 0 Å². The standard InChI is InChI=1S/C12H14FN3O/c1-15-8-9-16(12(15)17)7-6-14-11-5-3-2-4-10(11)13/h2-5,8-9,14H,6-7H2,1H3. The second kappa shape index (κ2) is 4.86. The summed E-state index contributed by atoms with van der Waals surface area (Å²) in [5.74, 6) is -0.284. The number of nitrogens with one attached hydrogen (secondary N) is 1. The van der Waals surface area contributed by atoms with E-state index in [-0.39, 0.29) is 11.5 Å². The van der Waals surface area contributed by atoms with Gasteiger partial charge in [-0.25, -0.2) is 9.18 Å². The number of para-hydroxylation sites is 1. The van der Waals surface area contributed by atoms with Crippen molar-refractivity contribution in [1.29, 1.82) is 0 Å². The second-order valence-electron chi connectivity index (χ2n) is 3.79. The Bertz CT molecular complexity index is 559. The van der Waals surface area contributed by atoms with Crippen LogP contribution in [0.5, 0.6) is 0 Å². The number of benzene rings is 1. The molecule has 0 aliphatic carbocycles. The Morgan fingerprint density at radius 3 is 2.71 bits per heavy atom. The molecule has 0 bridgehead atoms. The summed E-state index contributed by atoms with van der Waals surface area (Å²) in [6.07, 6.45) is 3.41. The lowest BCUT2D eigenvalue weighted by atomic mass is 10.3. The summed E-state index contributed by atoms with van der Waals surface area (Å²) in [5.41, 5.74) is 0.386. The Balaban J connectivity index is 1.95. The van der Waals surface area contributed by atoms with E-state index >= 15 is 0 Å². The van der Waals surface area contributed by atoms with Gasteiger partial charge in [0.1, 0.15) is 5.82 Å². The molecule has 0 aliphatic heterocycles. The minimum atomic E-state index is -0.284. The van der Waals surface area contributed by atoms with Crippen LogP contribution in [0.1, 0.15) is 0 Å². The molecule has 0 saturated heterocycles. The summed E-state index contributed by atoms with van der Waals surface area (Å²) in [7, 11) is 1.70. The summed E-state index contributed by atoms with van der Waals surface area (Å²) in [6, 6.07) is 6.47. The zero-order chi connectivity index (χ0) is 12.3. The fourth-order valence-electron chi connectivity index (χ4n) is 1.60. The molecule has 2 rings (SSSR count). The van der Waals surface area contributed by atoms with Gasteiger partial charge in [0.05, 0.1) is 5.69 Å². The number of anilines is 1. The average molecular weight is 235 g/mol. The predicted molar refractivity (Wildman–Crippen MR) is 64.6 cm³/mol. The van der Waals surface area contributed by atoms with Gasteiger partial charge in [0.2, 0.25) is 0 Å². The first-order valence-electron chi connectivity index (χ1n) is 5.38. The molecule has 2 aromatic rings. The van der Waals surface area contributed by atoms with Crippen LogP contribution in [0.4, 0.5) is 10.1 Å². The summed E-state index contributed by atoms with van der Waals surface area (Å²) < 4.78 is 16.3. The van der Waals surface area contributed by atoms with Gasteiger partial charge in [0.15, 0.2) is 0 Å². The van der Waals surface area contributed by atoms with Crippen molar-refractivity contribution in [3.63, 3.8) is 0 Å². The average Bonchev–Trinajstić information content (AvgIpc) is 2.63. The Morgan fingerprint density at radius 1 is 1.29 bits per heavy atom. The van der Waals surface area contributed by atoms with Gasteiger partial charge in [-0.2, -0.15) is 0 Å². The first kappa shape index (κ1) is 11.4. The number of rotatable bonds is 4. The second-order valence-corrected chi connectivity index (χ2v) is 3.79. The van der Waals surface area contributed by atoms with Gasteiger partial charge in [0.25, 0.3) is 0 Å². The van der Waals surface area contributed by atoms with Crippen LogP contribution in [0.15, 0.2) is 41.5 Å². The molecule has 0 saturated carbocycles. The zero-order valence-corrected chi connectivity index (χ0v) is 9.56. The maximum absolute atomic E-state index is 13.3. The van der Waals surface area contributed by atoms with Crippen molar-refractivity contribution < 1.29 is 4.39 Å². The van der Waals surface area contributed by atoms with Gasteiger partial charge in [-0.1, -0.05) is 12.1 Å². The van der Waals surface area contributed by atoms with Crippen molar-refractivity contribution in [3.8, 4) is 0 Å². The molecule has 17 heavy (non-hydrogen) atoms. The maximum atomic E-state index is 13.3. The van der Waals surface area contributed by atoms with E-state index in [1.54, 1.807) is 42.2 Å². The highest BCUT2D eigenvalue weighted by Gasteiger charge is 2.01. The van der Waals surface area contributed by atoms with Crippen molar-refractivity contribution in [1.82, 2.24) is 9.13 Å². The van der Waals surface area contributed by atoms with Crippen LogP contribution >= 0.6 is 0 Å². The lowest BCUT2D eigenvalue weighted by molar-refractivity contribution is 0.625. The molecule has 1 heterocycles. The normalized spacial score (nSPS) is 10.5. The third-order valence-electron chi connectivity index (χ3n) is 2.56. The molecular weight excluding hydrogens is 221 g/mol. The highest BCUT2D eigenvalue weighted by molar-refractivity contribution is 5.44. The predicted octanol–water partition coefficient (Wildman–Crippen LogP) is 1.44. The Labute approximate surface area is 98.3 Å². The minimum Gasteiger partial charge on any atom is -0.381 e. The number of hydrogen-bond acceptors (Lipinski definition) is 2. The topological polar surface area (TPSA) is 39.0 Å². The third kappa shape index (κ3) is 2.55. The first-order valence-corrected chi connectivity index (χ1v) is 5.38. The number of aryl methyl sites for hydroxylation is 1. The molecule has 1 aromatic carbocycles. The summed E-state index contributed by atoms with van der Waals surface area (Å²) in [5, 5.41) is 2.95. The quantitative estimate of drug-likeness (QED) is 0.871. The van der Waals surface area contributed by atoms with E-state index in [9.17, 15) is 9.18 Å². The number of halogens is 1. The molecule has 0 fully saturated rings. The van der Waals surface area contributed by atoms with Crippen molar-refractivity contribution in [2.45, 2.75) is 6.54 Å². The molecule has 0 radical (unpaired) electrons. The van der Waals surface area contributed by atoms with Crippen molar-refractivity contribution in [3.05, 3.63) is 53.0 Å². The van der Waals surface area contributed by atoms with Crippen LogP contribution in [0.25, 0.3) is 0 Å². The fraction of sp³-hybridized carbons (Fsp3) is 0.250. The minimum absolute atomic E-state index is 0.0691. The fourth-order valence-corrected chi connectivity index (χ4v) is 1.60. The molecule has 0 unspecified atom stereocenters. The monoisotopic (exact) mass is 235 g/mol. The van der Waals surface area contributed by atoms with Gasteiger partial charge < -0.3 is 9.88 Å². The molecule has 4 nitrogen and oxygen atoms in total. The molecule has 0 amide bonds. The van der Waals surface area contributed by atoms with Crippen LogP contribution in [-0.4, -0.2) is 15.7 Å². The molecule has 0 spiro atoms. The largest absolute Gasteiger partial charge is 0.381 e. The highest BCUT2D eigenvalue weighted by atomic mass is 19.1. The van der Waals surface area contributed by atoms with E-state index in [0.29, 0.717) is 18.8 Å². The summed E-state index contributed by atoms with van der Waals surface area (Å²) in [4.78, 5) is 11.5. The lowest BCUT2D eigenvalue weighted by Crippen LogP contribution is -2.24.